The maximum Gasteiger partial charge on any atom is 0.335 e. The van der Waals surface area contributed by atoms with E-state index in [9.17, 15) is 13.6 Å². The number of hydrazine groups is 1. The molecule has 86 valence electrons. The van der Waals surface area contributed by atoms with Crippen molar-refractivity contribution in [3.8, 4) is 0 Å². The van der Waals surface area contributed by atoms with E-state index in [1.165, 1.54) is 18.2 Å². The van der Waals surface area contributed by atoms with Gasteiger partial charge in [-0.2, -0.15) is 8.78 Å². The highest BCUT2D eigenvalue weighted by Crippen LogP contribution is 2.37. The Morgan fingerprint density at radius 3 is 2.81 bits per heavy atom. The summed E-state index contributed by atoms with van der Waals surface area (Å²) in [5, 5.41) is 9.30. The number of fused-ring (bicyclic) bond motifs is 1. The summed E-state index contributed by atoms with van der Waals surface area (Å²) in [5.74, 6) is -1.17. The van der Waals surface area contributed by atoms with Gasteiger partial charge in [-0.3, -0.25) is 0 Å². The van der Waals surface area contributed by atoms with Crippen LogP contribution in [-0.2, 0) is 0 Å². The molecule has 2 N–H and O–H groups in total. The lowest BCUT2D eigenvalue weighted by molar-refractivity contribution is 0.0696. The number of nitrogens with one attached hydrogen (secondary N) is 1. The van der Waals surface area contributed by atoms with Crippen molar-refractivity contribution in [1.29, 1.82) is 0 Å². The number of nitrogens with zero attached hydrogens (tertiary/aromatic N) is 1. The number of alkyl halides is 3. The van der Waals surface area contributed by atoms with Gasteiger partial charge in [0.2, 0.25) is 0 Å². The van der Waals surface area contributed by atoms with Crippen molar-refractivity contribution in [1.82, 2.24) is 5.43 Å². The van der Waals surface area contributed by atoms with Gasteiger partial charge in [-0.15, -0.1) is 0 Å². The van der Waals surface area contributed by atoms with E-state index in [0.29, 0.717) is 10.6 Å². The quantitative estimate of drug-likeness (QED) is 0.622. The van der Waals surface area contributed by atoms with E-state index in [-0.39, 0.29) is 11.3 Å². The number of carbonyl (C=O) groups is 1. The first kappa shape index (κ1) is 11.1. The number of carboxylic acids is 1. The largest absolute Gasteiger partial charge is 0.478 e. The van der Waals surface area contributed by atoms with Gasteiger partial charge in [0, 0.05) is 5.56 Å². The highest BCUT2D eigenvalue weighted by molar-refractivity contribution is 6.21. The smallest absolute Gasteiger partial charge is 0.335 e. The van der Waals surface area contributed by atoms with Crippen LogP contribution in [-0.4, -0.2) is 17.6 Å². The molecule has 0 saturated carbocycles. The third-order valence-corrected chi connectivity index (χ3v) is 2.59. The SMILES string of the molecule is O=C(O)c1ccc2c(c1)N(C(F)F)NC2Cl. The average molecular weight is 249 g/mol. The number of aromatic carboxylic acids is 1. The minimum Gasteiger partial charge on any atom is -0.478 e. The molecule has 0 fully saturated rings. The van der Waals surface area contributed by atoms with Gasteiger partial charge in [0.1, 0.15) is 5.50 Å². The first-order valence-electron chi connectivity index (χ1n) is 4.35. The Labute approximate surface area is 94.4 Å². The Bertz CT molecular complexity index is 442. The first-order valence-corrected chi connectivity index (χ1v) is 4.79. The normalized spacial score (nSPS) is 19.0. The zero-order chi connectivity index (χ0) is 11.9. The molecule has 1 aromatic rings. The molecule has 1 atom stereocenters. The fourth-order valence-corrected chi connectivity index (χ4v) is 1.81. The fourth-order valence-electron chi connectivity index (χ4n) is 1.52. The van der Waals surface area contributed by atoms with E-state index < -0.39 is 18.0 Å². The molecule has 7 heteroatoms. The molecule has 0 amide bonds. The van der Waals surface area contributed by atoms with Crippen LogP contribution in [0.25, 0.3) is 0 Å². The topological polar surface area (TPSA) is 52.6 Å². The average Bonchev–Trinajstić information content (AvgIpc) is 2.56. The number of hydrogen-bond donors (Lipinski definition) is 2. The maximum atomic E-state index is 12.6. The molecule has 0 radical (unpaired) electrons. The highest BCUT2D eigenvalue weighted by Gasteiger charge is 2.32. The molecule has 0 bridgehead atoms. The van der Waals surface area contributed by atoms with Crippen molar-refractivity contribution in [2.45, 2.75) is 12.1 Å². The number of rotatable bonds is 2. The number of anilines is 1. The molecule has 0 saturated heterocycles. The summed E-state index contributed by atoms with van der Waals surface area (Å²) < 4.78 is 25.2. The first-order chi connectivity index (χ1) is 7.50. The van der Waals surface area contributed by atoms with Crippen LogP contribution in [0.1, 0.15) is 21.4 Å². The highest BCUT2D eigenvalue weighted by atomic mass is 35.5. The Morgan fingerprint density at radius 2 is 2.25 bits per heavy atom. The monoisotopic (exact) mass is 248 g/mol. The van der Waals surface area contributed by atoms with Crippen LogP contribution in [0.5, 0.6) is 0 Å². The molecule has 16 heavy (non-hydrogen) atoms. The summed E-state index contributed by atoms with van der Waals surface area (Å²) in [6, 6.07) is 3.91. The Kier molecular flexibility index (Phi) is 2.69. The van der Waals surface area contributed by atoms with Crippen molar-refractivity contribution >= 4 is 23.3 Å². The second kappa shape index (κ2) is 3.88. The van der Waals surface area contributed by atoms with Crippen molar-refractivity contribution in [3.63, 3.8) is 0 Å². The van der Waals surface area contributed by atoms with Crippen LogP contribution in [0, 0.1) is 0 Å². The summed E-state index contributed by atoms with van der Waals surface area (Å²) >= 11 is 5.78. The summed E-state index contributed by atoms with van der Waals surface area (Å²) in [6.45, 7) is -2.79. The van der Waals surface area contributed by atoms with Gasteiger partial charge in [0.15, 0.2) is 0 Å². The van der Waals surface area contributed by atoms with E-state index in [4.69, 9.17) is 16.7 Å². The lowest BCUT2D eigenvalue weighted by atomic mass is 10.1. The molecule has 2 rings (SSSR count). The number of halogens is 3. The van der Waals surface area contributed by atoms with Gasteiger partial charge in [-0.25, -0.2) is 15.2 Å². The van der Waals surface area contributed by atoms with E-state index in [2.05, 4.69) is 5.43 Å². The van der Waals surface area contributed by atoms with E-state index in [1.807, 2.05) is 0 Å². The molecular formula is C9H7ClF2N2O2. The van der Waals surface area contributed by atoms with E-state index in [1.54, 1.807) is 0 Å². The molecule has 1 unspecified atom stereocenters. The molecule has 1 heterocycles. The summed E-state index contributed by atoms with van der Waals surface area (Å²) in [6.07, 6.45) is 0. The van der Waals surface area contributed by atoms with E-state index in [0.717, 1.165) is 0 Å². The second-order valence-electron chi connectivity index (χ2n) is 3.22. The third kappa shape index (κ3) is 1.70. The molecule has 0 aliphatic carbocycles. The zero-order valence-corrected chi connectivity index (χ0v) is 8.58. The van der Waals surface area contributed by atoms with Crippen LogP contribution >= 0.6 is 11.6 Å². The zero-order valence-electron chi connectivity index (χ0n) is 7.82. The van der Waals surface area contributed by atoms with Gasteiger partial charge in [0.25, 0.3) is 0 Å². The Morgan fingerprint density at radius 1 is 1.56 bits per heavy atom. The lowest BCUT2D eigenvalue weighted by Gasteiger charge is -2.17. The number of carboxylic acid groups (broad SMARTS) is 1. The van der Waals surface area contributed by atoms with Gasteiger partial charge < -0.3 is 5.11 Å². The van der Waals surface area contributed by atoms with Gasteiger partial charge in [0.05, 0.1) is 11.3 Å². The summed E-state index contributed by atoms with van der Waals surface area (Å²) in [5.41, 5.74) is 2.04. The Hall–Kier alpha value is -1.40. The van der Waals surface area contributed by atoms with Gasteiger partial charge in [-0.1, -0.05) is 17.7 Å². The van der Waals surface area contributed by atoms with Crippen molar-refractivity contribution < 1.29 is 18.7 Å². The second-order valence-corrected chi connectivity index (χ2v) is 3.65. The van der Waals surface area contributed by atoms with Crippen LogP contribution in [0.4, 0.5) is 14.5 Å². The fraction of sp³-hybridized carbons (Fsp3) is 0.222. The Balaban J connectivity index is 2.47. The van der Waals surface area contributed by atoms with Crippen LogP contribution < -0.4 is 10.4 Å². The van der Waals surface area contributed by atoms with Gasteiger partial charge >= 0.3 is 12.5 Å². The molecule has 0 spiro atoms. The van der Waals surface area contributed by atoms with Crippen molar-refractivity contribution in [2.24, 2.45) is 0 Å². The van der Waals surface area contributed by atoms with Crippen LogP contribution in [0.15, 0.2) is 18.2 Å². The summed E-state index contributed by atoms with van der Waals surface area (Å²) in [7, 11) is 0. The molecule has 1 aromatic carbocycles. The summed E-state index contributed by atoms with van der Waals surface area (Å²) in [4.78, 5) is 10.7. The van der Waals surface area contributed by atoms with Crippen molar-refractivity contribution in [2.75, 3.05) is 5.01 Å². The molecular weight excluding hydrogens is 242 g/mol. The van der Waals surface area contributed by atoms with Gasteiger partial charge in [-0.05, 0) is 12.1 Å². The lowest BCUT2D eigenvalue weighted by Crippen LogP contribution is -2.37. The standard InChI is InChI=1S/C9H7ClF2N2O2/c10-7-5-2-1-4(8(15)16)3-6(5)14(13-7)9(11)12/h1-3,7,9,13H,(H,15,16). The van der Waals surface area contributed by atoms with Crippen LogP contribution in [0.2, 0.25) is 0 Å². The number of hydrogen-bond acceptors (Lipinski definition) is 3. The van der Waals surface area contributed by atoms with E-state index >= 15 is 0 Å². The molecule has 4 nitrogen and oxygen atoms in total. The molecule has 0 aromatic heterocycles. The molecule has 1 aliphatic rings. The van der Waals surface area contributed by atoms with Crippen LogP contribution in [0.3, 0.4) is 0 Å². The maximum absolute atomic E-state index is 12.6. The predicted octanol–water partition coefficient (Wildman–Crippen LogP) is 2.17. The minimum atomic E-state index is -2.79. The number of benzene rings is 1. The van der Waals surface area contributed by atoms with Crippen molar-refractivity contribution in [3.05, 3.63) is 29.3 Å². The molecule has 1 aliphatic heterocycles. The predicted molar refractivity (Wildman–Crippen MR) is 53.6 cm³/mol. The minimum absolute atomic E-state index is 0.0584. The third-order valence-electron chi connectivity index (χ3n) is 2.26.